The van der Waals surface area contributed by atoms with Crippen LogP contribution in [0, 0.1) is 6.92 Å². The van der Waals surface area contributed by atoms with E-state index in [1.54, 1.807) is 0 Å². The molecule has 0 bridgehead atoms. The molecular weight excluding hydrogens is 296 g/mol. The van der Waals surface area contributed by atoms with Gasteiger partial charge < -0.3 is 9.47 Å². The summed E-state index contributed by atoms with van der Waals surface area (Å²) in [5.74, 6) is 2.61. The molecule has 0 saturated heterocycles. The van der Waals surface area contributed by atoms with Crippen LogP contribution in [0.3, 0.4) is 0 Å². The van der Waals surface area contributed by atoms with E-state index in [1.807, 2.05) is 19.9 Å². The first kappa shape index (κ1) is 17.0. The van der Waals surface area contributed by atoms with E-state index in [1.165, 1.54) is 16.3 Å². The lowest BCUT2D eigenvalue weighted by molar-refractivity contribution is 0.243. The molecule has 3 heteroatoms. The molecule has 0 radical (unpaired) electrons. The quantitative estimate of drug-likeness (QED) is 0.457. The molecule has 0 heterocycles. The molecule has 0 aliphatic carbocycles. The van der Waals surface area contributed by atoms with Crippen molar-refractivity contribution in [2.75, 3.05) is 12.5 Å². The second-order valence-electron chi connectivity index (χ2n) is 5.84. The van der Waals surface area contributed by atoms with Crippen LogP contribution in [0.4, 0.5) is 0 Å². The average molecular weight is 321 g/mol. The fraction of sp³-hybridized carbons (Fsp3) is 0.474. The highest BCUT2D eigenvalue weighted by atomic mass is 35.5. The number of unbranched alkanes of at least 4 members (excludes halogenated alkanes) is 2. The number of halogens is 1. The van der Waals surface area contributed by atoms with E-state index >= 15 is 0 Å². The van der Waals surface area contributed by atoms with Gasteiger partial charge in [-0.15, -0.1) is 11.6 Å². The zero-order valence-electron chi connectivity index (χ0n) is 13.7. The van der Waals surface area contributed by atoms with Crippen LogP contribution in [-0.2, 0) is 0 Å². The second kappa shape index (κ2) is 8.28. The molecular formula is C19H25ClO2. The number of rotatable bonds is 8. The van der Waals surface area contributed by atoms with E-state index in [9.17, 15) is 0 Å². The van der Waals surface area contributed by atoms with Crippen molar-refractivity contribution in [3.05, 3.63) is 35.9 Å². The molecule has 120 valence electrons. The van der Waals surface area contributed by atoms with Crippen molar-refractivity contribution in [3.63, 3.8) is 0 Å². The Labute approximate surface area is 138 Å². The van der Waals surface area contributed by atoms with E-state index in [-0.39, 0.29) is 6.10 Å². The number of fused-ring (bicyclic) bond motifs is 1. The number of alkyl halides is 1. The Kier molecular flexibility index (Phi) is 6.38. The third-order valence-electron chi connectivity index (χ3n) is 3.62. The van der Waals surface area contributed by atoms with Crippen molar-refractivity contribution < 1.29 is 9.47 Å². The van der Waals surface area contributed by atoms with Crippen LogP contribution >= 0.6 is 11.6 Å². The van der Waals surface area contributed by atoms with Gasteiger partial charge in [-0.25, -0.2) is 0 Å². The summed E-state index contributed by atoms with van der Waals surface area (Å²) in [5.41, 5.74) is 1.19. The van der Waals surface area contributed by atoms with Crippen LogP contribution in [0.5, 0.6) is 11.5 Å². The Bertz CT molecular complexity index is 608. The predicted molar refractivity (Wildman–Crippen MR) is 94.5 cm³/mol. The molecule has 0 aliphatic rings. The van der Waals surface area contributed by atoms with Gasteiger partial charge in [-0.05, 0) is 74.6 Å². The Morgan fingerprint density at radius 3 is 2.59 bits per heavy atom. The SMILES string of the molecule is Cc1c(OCCCCCCl)ccc2cc(OC(C)C)ccc12. The fourth-order valence-electron chi connectivity index (χ4n) is 2.50. The maximum atomic E-state index is 5.91. The molecule has 0 aliphatic heterocycles. The summed E-state index contributed by atoms with van der Waals surface area (Å²) in [6.07, 6.45) is 3.41. The number of benzene rings is 2. The number of hydrogen-bond acceptors (Lipinski definition) is 2. The topological polar surface area (TPSA) is 18.5 Å². The summed E-state index contributed by atoms with van der Waals surface area (Å²) in [6.45, 7) is 6.93. The molecule has 2 nitrogen and oxygen atoms in total. The normalized spacial score (nSPS) is 11.1. The summed E-state index contributed by atoms with van der Waals surface area (Å²) in [7, 11) is 0. The predicted octanol–water partition coefficient (Wildman–Crippen LogP) is 5.72. The van der Waals surface area contributed by atoms with E-state index in [4.69, 9.17) is 21.1 Å². The summed E-state index contributed by atoms with van der Waals surface area (Å²) in [6, 6.07) is 10.4. The summed E-state index contributed by atoms with van der Waals surface area (Å²) in [4.78, 5) is 0. The lowest BCUT2D eigenvalue weighted by Gasteiger charge is -2.14. The van der Waals surface area contributed by atoms with E-state index in [0.29, 0.717) is 0 Å². The Morgan fingerprint density at radius 1 is 1.05 bits per heavy atom. The smallest absolute Gasteiger partial charge is 0.122 e. The number of aryl methyl sites for hydroxylation is 1. The lowest BCUT2D eigenvalue weighted by atomic mass is 10.0. The van der Waals surface area contributed by atoms with Crippen LogP contribution in [0.25, 0.3) is 10.8 Å². The maximum Gasteiger partial charge on any atom is 0.122 e. The monoisotopic (exact) mass is 320 g/mol. The molecule has 2 aromatic carbocycles. The maximum absolute atomic E-state index is 5.91. The molecule has 0 fully saturated rings. The minimum absolute atomic E-state index is 0.189. The standard InChI is InChI=1S/C19H25ClO2/c1-14(2)22-17-8-9-18-15(3)19(10-7-16(18)13-17)21-12-6-4-5-11-20/h7-10,13-14H,4-6,11-12H2,1-3H3. The minimum atomic E-state index is 0.189. The van der Waals surface area contributed by atoms with Crippen LogP contribution in [0.2, 0.25) is 0 Å². The summed E-state index contributed by atoms with van der Waals surface area (Å²) < 4.78 is 11.7. The molecule has 0 atom stereocenters. The van der Waals surface area contributed by atoms with Crippen LogP contribution in [0.1, 0.15) is 38.7 Å². The molecule has 0 N–H and O–H groups in total. The van der Waals surface area contributed by atoms with Crippen molar-refractivity contribution >= 4 is 22.4 Å². The Hall–Kier alpha value is -1.41. The van der Waals surface area contributed by atoms with Gasteiger partial charge in [0, 0.05) is 5.88 Å². The lowest BCUT2D eigenvalue weighted by Crippen LogP contribution is -2.05. The van der Waals surface area contributed by atoms with Gasteiger partial charge in [-0.3, -0.25) is 0 Å². The molecule has 0 amide bonds. The van der Waals surface area contributed by atoms with Crippen LogP contribution in [0.15, 0.2) is 30.3 Å². The first-order valence-corrected chi connectivity index (χ1v) is 8.54. The van der Waals surface area contributed by atoms with Gasteiger partial charge in [0.1, 0.15) is 11.5 Å². The molecule has 0 spiro atoms. The van der Waals surface area contributed by atoms with Crippen molar-refractivity contribution in [2.24, 2.45) is 0 Å². The highest BCUT2D eigenvalue weighted by molar-refractivity contribution is 6.17. The van der Waals surface area contributed by atoms with Gasteiger partial charge in [0.05, 0.1) is 12.7 Å². The zero-order chi connectivity index (χ0) is 15.9. The van der Waals surface area contributed by atoms with Crippen molar-refractivity contribution in [1.29, 1.82) is 0 Å². The average Bonchev–Trinajstić information content (AvgIpc) is 2.48. The van der Waals surface area contributed by atoms with Crippen LogP contribution < -0.4 is 9.47 Å². The van der Waals surface area contributed by atoms with Crippen molar-refractivity contribution in [1.82, 2.24) is 0 Å². The van der Waals surface area contributed by atoms with Gasteiger partial charge in [0.25, 0.3) is 0 Å². The van der Waals surface area contributed by atoms with Gasteiger partial charge >= 0.3 is 0 Å². The molecule has 0 aromatic heterocycles. The Balaban J connectivity index is 2.09. The number of hydrogen-bond donors (Lipinski definition) is 0. The fourth-order valence-corrected chi connectivity index (χ4v) is 2.69. The molecule has 2 rings (SSSR count). The first-order valence-electron chi connectivity index (χ1n) is 8.00. The highest BCUT2D eigenvalue weighted by Gasteiger charge is 2.06. The van der Waals surface area contributed by atoms with E-state index < -0.39 is 0 Å². The van der Waals surface area contributed by atoms with Gasteiger partial charge in [0.15, 0.2) is 0 Å². The largest absolute Gasteiger partial charge is 0.493 e. The third kappa shape index (κ3) is 4.54. The minimum Gasteiger partial charge on any atom is -0.493 e. The van der Waals surface area contributed by atoms with Gasteiger partial charge in [-0.2, -0.15) is 0 Å². The third-order valence-corrected chi connectivity index (χ3v) is 3.89. The van der Waals surface area contributed by atoms with E-state index in [2.05, 4.69) is 31.2 Å². The zero-order valence-corrected chi connectivity index (χ0v) is 14.5. The molecule has 22 heavy (non-hydrogen) atoms. The number of ether oxygens (including phenoxy) is 2. The van der Waals surface area contributed by atoms with Crippen LogP contribution in [-0.4, -0.2) is 18.6 Å². The second-order valence-corrected chi connectivity index (χ2v) is 6.21. The van der Waals surface area contributed by atoms with Gasteiger partial charge in [0.2, 0.25) is 0 Å². The molecule has 0 saturated carbocycles. The first-order chi connectivity index (χ1) is 10.6. The Morgan fingerprint density at radius 2 is 1.86 bits per heavy atom. The molecule has 0 unspecified atom stereocenters. The summed E-state index contributed by atoms with van der Waals surface area (Å²) >= 11 is 5.68. The van der Waals surface area contributed by atoms with E-state index in [0.717, 1.165) is 43.2 Å². The van der Waals surface area contributed by atoms with Crippen molar-refractivity contribution in [3.8, 4) is 11.5 Å². The van der Waals surface area contributed by atoms with Gasteiger partial charge in [-0.1, -0.05) is 12.1 Å². The van der Waals surface area contributed by atoms with Crippen molar-refractivity contribution in [2.45, 2.75) is 46.1 Å². The molecule has 2 aromatic rings. The summed E-state index contributed by atoms with van der Waals surface area (Å²) in [5, 5.41) is 2.40. The highest BCUT2D eigenvalue weighted by Crippen LogP contribution is 2.30.